The molecular formula is C22H24N2O. The summed E-state index contributed by atoms with van der Waals surface area (Å²) in [5.74, 6) is 0.898. The molecule has 0 saturated heterocycles. The summed E-state index contributed by atoms with van der Waals surface area (Å²) >= 11 is 0. The van der Waals surface area contributed by atoms with Crippen LogP contribution < -0.4 is 4.74 Å². The Hall–Kier alpha value is -2.81. The van der Waals surface area contributed by atoms with E-state index in [0.717, 1.165) is 22.7 Å². The van der Waals surface area contributed by atoms with Crippen LogP contribution in [0.2, 0.25) is 0 Å². The zero-order valence-electron chi connectivity index (χ0n) is 15.3. The lowest BCUT2D eigenvalue weighted by Crippen LogP contribution is -2.00. The Labute approximate surface area is 149 Å². The summed E-state index contributed by atoms with van der Waals surface area (Å²) in [6, 6.07) is 18.6. The number of aromatic nitrogens is 1. The van der Waals surface area contributed by atoms with Crippen molar-refractivity contribution in [1.82, 2.24) is 4.57 Å². The SMILES string of the molecule is CCOc1ccc(-n2c(C)cc(C=Nc3ccc(C)cc3)c2C)cc1. The topological polar surface area (TPSA) is 26.5 Å². The summed E-state index contributed by atoms with van der Waals surface area (Å²) in [7, 11) is 0. The van der Waals surface area contributed by atoms with E-state index in [1.165, 1.54) is 17.0 Å². The van der Waals surface area contributed by atoms with Gasteiger partial charge < -0.3 is 9.30 Å². The van der Waals surface area contributed by atoms with Gasteiger partial charge in [-0.1, -0.05) is 17.7 Å². The molecule has 1 aromatic heterocycles. The molecule has 2 aromatic carbocycles. The molecule has 0 radical (unpaired) electrons. The van der Waals surface area contributed by atoms with Gasteiger partial charge in [0.15, 0.2) is 0 Å². The molecule has 25 heavy (non-hydrogen) atoms. The number of rotatable bonds is 5. The van der Waals surface area contributed by atoms with E-state index < -0.39 is 0 Å². The van der Waals surface area contributed by atoms with E-state index in [1.807, 2.05) is 37.4 Å². The molecule has 3 nitrogen and oxygen atoms in total. The Kier molecular flexibility index (Phi) is 5.03. The lowest BCUT2D eigenvalue weighted by molar-refractivity contribution is 0.340. The Morgan fingerprint density at radius 3 is 2.28 bits per heavy atom. The average molecular weight is 332 g/mol. The first-order chi connectivity index (χ1) is 12.1. The largest absolute Gasteiger partial charge is 0.494 e. The van der Waals surface area contributed by atoms with E-state index in [9.17, 15) is 0 Å². The van der Waals surface area contributed by atoms with E-state index in [-0.39, 0.29) is 0 Å². The van der Waals surface area contributed by atoms with Gasteiger partial charge in [0.1, 0.15) is 5.75 Å². The summed E-state index contributed by atoms with van der Waals surface area (Å²) in [6.07, 6.45) is 1.94. The molecule has 0 atom stereocenters. The molecule has 0 saturated carbocycles. The summed E-state index contributed by atoms with van der Waals surface area (Å²) in [4.78, 5) is 4.61. The van der Waals surface area contributed by atoms with Gasteiger partial charge in [0, 0.05) is 28.9 Å². The van der Waals surface area contributed by atoms with Gasteiger partial charge in [-0.2, -0.15) is 0 Å². The molecule has 0 aliphatic rings. The average Bonchev–Trinajstić information content (AvgIpc) is 2.89. The maximum absolute atomic E-state index is 5.53. The van der Waals surface area contributed by atoms with Crippen LogP contribution in [0, 0.1) is 20.8 Å². The smallest absolute Gasteiger partial charge is 0.119 e. The van der Waals surface area contributed by atoms with Crippen molar-refractivity contribution >= 4 is 11.9 Å². The lowest BCUT2D eigenvalue weighted by Gasteiger charge is -2.10. The molecule has 128 valence electrons. The van der Waals surface area contributed by atoms with Crippen molar-refractivity contribution < 1.29 is 4.74 Å². The third-order valence-corrected chi connectivity index (χ3v) is 4.26. The van der Waals surface area contributed by atoms with E-state index in [2.05, 4.69) is 60.7 Å². The minimum Gasteiger partial charge on any atom is -0.494 e. The molecule has 0 aliphatic heterocycles. The van der Waals surface area contributed by atoms with Crippen LogP contribution in [0.3, 0.4) is 0 Å². The molecule has 3 aromatic rings. The molecule has 3 rings (SSSR count). The van der Waals surface area contributed by atoms with Gasteiger partial charge >= 0.3 is 0 Å². The number of aryl methyl sites for hydroxylation is 2. The van der Waals surface area contributed by atoms with Gasteiger partial charge in [-0.3, -0.25) is 4.99 Å². The van der Waals surface area contributed by atoms with Crippen LogP contribution in [0.15, 0.2) is 59.6 Å². The summed E-state index contributed by atoms with van der Waals surface area (Å²) < 4.78 is 7.77. The molecule has 0 aliphatic carbocycles. The number of hydrogen-bond donors (Lipinski definition) is 0. The molecule has 3 heteroatoms. The number of ether oxygens (including phenoxy) is 1. The maximum Gasteiger partial charge on any atom is 0.119 e. The zero-order chi connectivity index (χ0) is 17.8. The predicted octanol–water partition coefficient (Wildman–Crippen LogP) is 5.55. The van der Waals surface area contributed by atoms with Crippen LogP contribution in [-0.2, 0) is 0 Å². The van der Waals surface area contributed by atoms with Crippen molar-refractivity contribution in [3.05, 3.63) is 77.1 Å². The van der Waals surface area contributed by atoms with Gasteiger partial charge in [-0.25, -0.2) is 0 Å². The molecule has 1 heterocycles. The fraction of sp³-hybridized carbons (Fsp3) is 0.227. The van der Waals surface area contributed by atoms with E-state index in [4.69, 9.17) is 4.74 Å². The van der Waals surface area contributed by atoms with Crippen molar-refractivity contribution in [2.24, 2.45) is 4.99 Å². The fourth-order valence-corrected chi connectivity index (χ4v) is 2.95. The van der Waals surface area contributed by atoms with Crippen LogP contribution in [0.25, 0.3) is 5.69 Å². The fourth-order valence-electron chi connectivity index (χ4n) is 2.95. The minimum atomic E-state index is 0.681. The second-order valence-corrected chi connectivity index (χ2v) is 6.18. The van der Waals surface area contributed by atoms with Crippen LogP contribution >= 0.6 is 0 Å². The van der Waals surface area contributed by atoms with E-state index in [0.29, 0.717) is 6.61 Å². The Morgan fingerprint density at radius 2 is 1.64 bits per heavy atom. The monoisotopic (exact) mass is 332 g/mol. The molecule has 0 spiro atoms. The predicted molar refractivity (Wildman–Crippen MR) is 105 cm³/mol. The normalized spacial score (nSPS) is 11.2. The molecule has 0 fully saturated rings. The first-order valence-corrected chi connectivity index (χ1v) is 8.61. The van der Waals surface area contributed by atoms with Crippen LogP contribution in [0.1, 0.15) is 29.4 Å². The number of aliphatic imine (C=N–C) groups is 1. The van der Waals surface area contributed by atoms with Gasteiger partial charge in [0.2, 0.25) is 0 Å². The number of benzene rings is 2. The Bertz CT molecular complexity index is 872. The van der Waals surface area contributed by atoms with Gasteiger partial charge in [-0.15, -0.1) is 0 Å². The number of hydrogen-bond acceptors (Lipinski definition) is 2. The van der Waals surface area contributed by atoms with Gasteiger partial charge in [0.25, 0.3) is 0 Å². The van der Waals surface area contributed by atoms with E-state index >= 15 is 0 Å². The Balaban J connectivity index is 1.88. The van der Waals surface area contributed by atoms with Gasteiger partial charge in [-0.05, 0) is 70.2 Å². The summed E-state index contributed by atoms with van der Waals surface area (Å²) in [5.41, 5.74) is 6.84. The minimum absolute atomic E-state index is 0.681. The van der Waals surface area contributed by atoms with E-state index in [1.54, 1.807) is 0 Å². The number of nitrogens with zero attached hydrogens (tertiary/aromatic N) is 2. The molecule has 0 amide bonds. The summed E-state index contributed by atoms with van der Waals surface area (Å²) in [6.45, 7) is 9.00. The maximum atomic E-state index is 5.53. The van der Waals surface area contributed by atoms with Gasteiger partial charge in [0.05, 0.1) is 12.3 Å². The first kappa shape index (κ1) is 17.0. The highest BCUT2D eigenvalue weighted by molar-refractivity contribution is 5.84. The van der Waals surface area contributed by atoms with Crippen molar-refractivity contribution in [3.8, 4) is 11.4 Å². The zero-order valence-corrected chi connectivity index (χ0v) is 15.3. The quantitative estimate of drug-likeness (QED) is 0.562. The van der Waals surface area contributed by atoms with Crippen molar-refractivity contribution in [2.45, 2.75) is 27.7 Å². The van der Waals surface area contributed by atoms with Crippen LogP contribution in [0.5, 0.6) is 5.75 Å². The second kappa shape index (κ2) is 7.39. The lowest BCUT2D eigenvalue weighted by atomic mass is 10.2. The molecular weight excluding hydrogens is 308 g/mol. The highest BCUT2D eigenvalue weighted by Crippen LogP contribution is 2.23. The van der Waals surface area contributed by atoms with Crippen molar-refractivity contribution in [1.29, 1.82) is 0 Å². The third-order valence-electron chi connectivity index (χ3n) is 4.26. The highest BCUT2D eigenvalue weighted by Gasteiger charge is 2.09. The first-order valence-electron chi connectivity index (χ1n) is 8.61. The van der Waals surface area contributed by atoms with Crippen LogP contribution in [-0.4, -0.2) is 17.4 Å². The van der Waals surface area contributed by atoms with Crippen LogP contribution in [0.4, 0.5) is 5.69 Å². The molecule has 0 unspecified atom stereocenters. The van der Waals surface area contributed by atoms with Crippen molar-refractivity contribution in [2.75, 3.05) is 6.61 Å². The molecule has 0 bridgehead atoms. The van der Waals surface area contributed by atoms with Crippen molar-refractivity contribution in [3.63, 3.8) is 0 Å². The second-order valence-electron chi connectivity index (χ2n) is 6.18. The highest BCUT2D eigenvalue weighted by atomic mass is 16.5. The third kappa shape index (κ3) is 3.82. The summed E-state index contributed by atoms with van der Waals surface area (Å²) in [5, 5.41) is 0. The molecule has 0 N–H and O–H groups in total. The standard InChI is InChI=1S/C22H24N2O/c1-5-25-22-12-10-21(11-13-22)24-17(3)14-19(18(24)4)15-23-20-8-6-16(2)7-9-20/h6-15H,5H2,1-4H3. The Morgan fingerprint density at radius 1 is 0.960 bits per heavy atom.